The van der Waals surface area contributed by atoms with E-state index in [4.69, 9.17) is 9.47 Å². The third kappa shape index (κ3) is 5.74. The Labute approximate surface area is 165 Å². The molecule has 1 amide bonds. The Bertz CT molecular complexity index is 914. The van der Waals surface area contributed by atoms with Gasteiger partial charge in [0.1, 0.15) is 0 Å². The third-order valence-corrected chi connectivity index (χ3v) is 4.62. The monoisotopic (exact) mass is 407 g/mol. The van der Waals surface area contributed by atoms with Crippen molar-refractivity contribution in [2.45, 2.75) is 23.8 Å². The highest BCUT2D eigenvalue weighted by Gasteiger charge is 2.18. The summed E-state index contributed by atoms with van der Waals surface area (Å²) in [7, 11) is 4.29. The van der Waals surface area contributed by atoms with Crippen molar-refractivity contribution in [3.8, 4) is 11.5 Å². The molecule has 0 aliphatic rings. The predicted octanol–water partition coefficient (Wildman–Crippen LogP) is 1.62. The summed E-state index contributed by atoms with van der Waals surface area (Å²) >= 11 is 1.06. The number of H-pyrrole nitrogens is 1. The van der Waals surface area contributed by atoms with Gasteiger partial charge in [0.15, 0.2) is 16.7 Å². The lowest BCUT2D eigenvalue weighted by Gasteiger charge is -2.13. The molecule has 2 aromatic rings. The number of methoxy groups -OCH3 is 3. The molecule has 10 heteroatoms. The number of hydrogen-bond acceptors (Lipinski definition) is 8. The van der Waals surface area contributed by atoms with Gasteiger partial charge >= 0.3 is 5.97 Å². The zero-order valence-corrected chi connectivity index (χ0v) is 16.7. The van der Waals surface area contributed by atoms with Gasteiger partial charge in [-0.1, -0.05) is 11.8 Å². The molecule has 2 N–H and O–H groups in total. The van der Waals surface area contributed by atoms with Crippen molar-refractivity contribution in [1.82, 2.24) is 9.97 Å². The van der Waals surface area contributed by atoms with Crippen molar-refractivity contribution in [2.75, 3.05) is 26.6 Å². The smallest absolute Gasteiger partial charge is 0.311 e. The first-order chi connectivity index (χ1) is 13.4. The number of ether oxygens (including phenoxy) is 3. The van der Waals surface area contributed by atoms with E-state index in [-0.39, 0.29) is 23.2 Å². The molecule has 0 aliphatic carbocycles. The molecule has 1 aromatic heterocycles. The maximum Gasteiger partial charge on any atom is 0.311 e. The quantitative estimate of drug-likeness (QED) is 0.385. The summed E-state index contributed by atoms with van der Waals surface area (Å²) < 4.78 is 15.0. The summed E-state index contributed by atoms with van der Waals surface area (Å²) in [4.78, 5) is 42.3. The van der Waals surface area contributed by atoms with E-state index in [2.05, 4.69) is 20.0 Å². The number of aromatic amines is 1. The van der Waals surface area contributed by atoms with Crippen LogP contribution < -0.4 is 20.3 Å². The van der Waals surface area contributed by atoms with E-state index in [0.717, 1.165) is 11.8 Å². The number of nitrogens with zero attached hydrogens (tertiary/aromatic N) is 1. The second-order valence-electron chi connectivity index (χ2n) is 5.61. The van der Waals surface area contributed by atoms with Gasteiger partial charge in [-0.25, -0.2) is 4.98 Å². The van der Waals surface area contributed by atoms with Crippen molar-refractivity contribution in [1.29, 1.82) is 0 Å². The maximum atomic E-state index is 12.5. The second kappa shape index (κ2) is 9.79. The fourth-order valence-corrected chi connectivity index (χ4v) is 3.06. The number of anilines is 1. The molecule has 28 heavy (non-hydrogen) atoms. The predicted molar refractivity (Wildman–Crippen MR) is 104 cm³/mol. The summed E-state index contributed by atoms with van der Waals surface area (Å²) in [6, 6.07) is 6.23. The van der Waals surface area contributed by atoms with Crippen LogP contribution in [0.4, 0.5) is 5.69 Å². The number of amides is 1. The normalized spacial score (nSPS) is 11.4. The van der Waals surface area contributed by atoms with E-state index in [1.807, 2.05) is 0 Å². The van der Waals surface area contributed by atoms with E-state index >= 15 is 0 Å². The number of carbonyl (C=O) groups is 2. The van der Waals surface area contributed by atoms with Gasteiger partial charge < -0.3 is 24.5 Å². The Morgan fingerprint density at radius 3 is 2.54 bits per heavy atom. The average Bonchev–Trinajstić information content (AvgIpc) is 2.67. The van der Waals surface area contributed by atoms with Gasteiger partial charge in [0, 0.05) is 17.8 Å². The Kier molecular flexibility index (Phi) is 7.44. The number of rotatable bonds is 8. The van der Waals surface area contributed by atoms with Crippen molar-refractivity contribution in [3.63, 3.8) is 0 Å². The van der Waals surface area contributed by atoms with Gasteiger partial charge in [0.05, 0.1) is 38.7 Å². The van der Waals surface area contributed by atoms with Crippen LogP contribution in [0.15, 0.2) is 34.2 Å². The first kappa shape index (κ1) is 21.3. The zero-order chi connectivity index (χ0) is 20.7. The van der Waals surface area contributed by atoms with Crippen molar-refractivity contribution < 1.29 is 23.8 Å². The number of thioether (sulfide) groups is 1. The minimum atomic E-state index is -0.565. The first-order valence-electron chi connectivity index (χ1n) is 8.23. The van der Waals surface area contributed by atoms with E-state index < -0.39 is 16.8 Å². The molecule has 9 nitrogen and oxygen atoms in total. The van der Waals surface area contributed by atoms with E-state index in [0.29, 0.717) is 17.2 Å². The largest absolute Gasteiger partial charge is 0.493 e. The van der Waals surface area contributed by atoms with Crippen LogP contribution in [-0.2, 0) is 20.7 Å². The van der Waals surface area contributed by atoms with E-state index in [9.17, 15) is 14.4 Å². The average molecular weight is 407 g/mol. The van der Waals surface area contributed by atoms with Gasteiger partial charge in [-0.05, 0) is 19.1 Å². The van der Waals surface area contributed by atoms with Gasteiger partial charge in [-0.3, -0.25) is 14.4 Å². The summed E-state index contributed by atoms with van der Waals surface area (Å²) in [5.41, 5.74) is 0.394. The van der Waals surface area contributed by atoms with Crippen molar-refractivity contribution in [2.24, 2.45) is 0 Å². The SMILES string of the molecule is COC(=O)Cc1cc(=O)[nH]c(S[C@@H](C)C(=O)Nc2ccc(OC)c(OC)c2)n1. The number of esters is 1. The molecule has 0 aliphatic heterocycles. The molecule has 0 radical (unpaired) electrons. The van der Waals surface area contributed by atoms with Crippen LogP contribution in [0.1, 0.15) is 12.6 Å². The topological polar surface area (TPSA) is 120 Å². The van der Waals surface area contributed by atoms with Crippen LogP contribution in [0, 0.1) is 0 Å². The molecule has 1 atom stereocenters. The van der Waals surface area contributed by atoms with Crippen LogP contribution in [0.5, 0.6) is 11.5 Å². The summed E-state index contributed by atoms with van der Waals surface area (Å²) in [5, 5.41) is 2.44. The van der Waals surface area contributed by atoms with Crippen LogP contribution in [-0.4, -0.2) is 48.4 Å². The summed E-state index contributed by atoms with van der Waals surface area (Å²) in [5.74, 6) is 0.237. The maximum absolute atomic E-state index is 12.5. The minimum absolute atomic E-state index is 0.125. The molecule has 0 spiro atoms. The number of carbonyl (C=O) groups excluding carboxylic acids is 2. The second-order valence-corrected chi connectivity index (χ2v) is 6.94. The number of nitrogens with one attached hydrogen (secondary N) is 2. The standard InChI is InChI=1S/C18H21N3O6S/c1-10(17(24)19-11-5-6-13(25-2)14(7-11)26-3)28-18-20-12(8-15(22)21-18)9-16(23)27-4/h5-8,10H,9H2,1-4H3,(H,19,24)(H,20,21,22)/t10-/m0/s1. The highest BCUT2D eigenvalue weighted by molar-refractivity contribution is 8.00. The highest BCUT2D eigenvalue weighted by Crippen LogP contribution is 2.30. The summed E-state index contributed by atoms with van der Waals surface area (Å²) in [6.07, 6.45) is -0.125. The van der Waals surface area contributed by atoms with Crippen LogP contribution in [0.25, 0.3) is 0 Å². The Balaban J connectivity index is 2.08. The molecule has 150 valence electrons. The Morgan fingerprint density at radius 2 is 1.89 bits per heavy atom. The molecular formula is C18H21N3O6S. The van der Waals surface area contributed by atoms with Crippen LogP contribution in [0.2, 0.25) is 0 Å². The fraction of sp³-hybridized carbons (Fsp3) is 0.333. The van der Waals surface area contributed by atoms with Crippen LogP contribution in [0.3, 0.4) is 0 Å². The van der Waals surface area contributed by atoms with Gasteiger partial charge in [-0.15, -0.1) is 0 Å². The zero-order valence-electron chi connectivity index (χ0n) is 15.9. The number of benzene rings is 1. The highest BCUT2D eigenvalue weighted by atomic mass is 32.2. The molecule has 0 bridgehead atoms. The number of hydrogen-bond donors (Lipinski definition) is 2. The molecule has 1 heterocycles. The fourth-order valence-electron chi connectivity index (χ4n) is 2.23. The molecule has 0 saturated carbocycles. The lowest BCUT2D eigenvalue weighted by Crippen LogP contribution is -2.23. The summed E-state index contributed by atoms with van der Waals surface area (Å²) in [6.45, 7) is 1.67. The van der Waals surface area contributed by atoms with Crippen LogP contribution >= 0.6 is 11.8 Å². The lowest BCUT2D eigenvalue weighted by molar-refractivity contribution is -0.139. The minimum Gasteiger partial charge on any atom is -0.493 e. The van der Waals surface area contributed by atoms with E-state index in [1.165, 1.54) is 27.4 Å². The first-order valence-corrected chi connectivity index (χ1v) is 9.10. The molecule has 0 unspecified atom stereocenters. The third-order valence-electron chi connectivity index (χ3n) is 3.63. The Hall–Kier alpha value is -3.01. The van der Waals surface area contributed by atoms with Gasteiger partial charge in [0.25, 0.3) is 5.56 Å². The molecule has 1 aromatic carbocycles. The van der Waals surface area contributed by atoms with Crippen molar-refractivity contribution >= 4 is 29.3 Å². The lowest BCUT2D eigenvalue weighted by atomic mass is 10.2. The molecule has 0 fully saturated rings. The van der Waals surface area contributed by atoms with Gasteiger partial charge in [-0.2, -0.15) is 0 Å². The molecule has 2 rings (SSSR count). The van der Waals surface area contributed by atoms with E-state index in [1.54, 1.807) is 25.1 Å². The number of aromatic nitrogens is 2. The molecule has 0 saturated heterocycles. The Morgan fingerprint density at radius 1 is 1.18 bits per heavy atom. The molecular weight excluding hydrogens is 386 g/mol. The van der Waals surface area contributed by atoms with Crippen molar-refractivity contribution in [3.05, 3.63) is 40.3 Å². The van der Waals surface area contributed by atoms with Gasteiger partial charge in [0.2, 0.25) is 5.91 Å².